The van der Waals surface area contributed by atoms with Crippen molar-refractivity contribution in [1.82, 2.24) is 4.90 Å². The number of hydrogen-bond acceptors (Lipinski definition) is 3. The number of aliphatic hydroxyl groups is 1. The number of likely N-dealkylation sites (tertiary alicyclic amines) is 1. The molecule has 1 fully saturated rings. The summed E-state index contributed by atoms with van der Waals surface area (Å²) in [5.74, 6) is 0.630. The molecule has 0 aromatic heterocycles. The van der Waals surface area contributed by atoms with Crippen LogP contribution in [-0.4, -0.2) is 41.7 Å². The second-order valence-corrected chi connectivity index (χ2v) is 3.83. The van der Waals surface area contributed by atoms with Crippen LogP contribution < -0.4 is 5.73 Å². The topological polar surface area (TPSA) is 66.6 Å². The fourth-order valence-electron chi connectivity index (χ4n) is 1.55. The zero-order valence-electron chi connectivity index (χ0n) is 8.07. The molecule has 2 unspecified atom stereocenters. The van der Waals surface area contributed by atoms with Gasteiger partial charge in [0.2, 0.25) is 5.91 Å². The normalized spacial score (nSPS) is 26.2. The number of hydrogen-bond donors (Lipinski definition) is 2. The van der Waals surface area contributed by atoms with Crippen molar-refractivity contribution in [2.24, 2.45) is 11.7 Å². The third-order valence-corrected chi connectivity index (χ3v) is 2.47. The maximum Gasteiger partial charge on any atom is 0.222 e. The van der Waals surface area contributed by atoms with Gasteiger partial charge in [-0.1, -0.05) is 6.92 Å². The summed E-state index contributed by atoms with van der Waals surface area (Å²) in [5.41, 5.74) is 5.27. The van der Waals surface area contributed by atoms with Crippen LogP contribution in [0.4, 0.5) is 0 Å². The Hall–Kier alpha value is -0.610. The largest absolute Gasteiger partial charge is 0.390 e. The van der Waals surface area contributed by atoms with E-state index in [9.17, 15) is 9.90 Å². The van der Waals surface area contributed by atoms with E-state index in [0.29, 0.717) is 18.9 Å². The van der Waals surface area contributed by atoms with Crippen LogP contribution in [-0.2, 0) is 4.79 Å². The molecule has 0 spiro atoms. The van der Waals surface area contributed by atoms with E-state index >= 15 is 0 Å². The van der Waals surface area contributed by atoms with E-state index in [4.69, 9.17) is 5.73 Å². The Balaban J connectivity index is 2.38. The molecule has 0 bridgehead atoms. The van der Waals surface area contributed by atoms with Crippen molar-refractivity contribution in [1.29, 1.82) is 0 Å². The van der Waals surface area contributed by atoms with Crippen LogP contribution in [0.15, 0.2) is 0 Å². The Kier molecular flexibility index (Phi) is 3.69. The van der Waals surface area contributed by atoms with Gasteiger partial charge in [-0.3, -0.25) is 4.79 Å². The molecule has 76 valence electrons. The average Bonchev–Trinajstić information content (AvgIpc) is 2.09. The van der Waals surface area contributed by atoms with E-state index in [0.717, 1.165) is 13.0 Å². The Morgan fingerprint density at radius 2 is 2.46 bits per heavy atom. The summed E-state index contributed by atoms with van der Waals surface area (Å²) in [7, 11) is 0. The molecule has 1 heterocycles. The van der Waals surface area contributed by atoms with Crippen LogP contribution in [0.3, 0.4) is 0 Å². The molecular weight excluding hydrogens is 168 g/mol. The minimum Gasteiger partial charge on any atom is -0.390 e. The van der Waals surface area contributed by atoms with Crippen LogP contribution in [0.25, 0.3) is 0 Å². The highest BCUT2D eigenvalue weighted by atomic mass is 16.3. The predicted octanol–water partition coefficient (Wildman–Crippen LogP) is -0.435. The molecule has 4 nitrogen and oxygen atoms in total. The number of β-amino-alcohol motifs (C(OH)–C–C–N with tert-alkyl or cyclic N) is 1. The van der Waals surface area contributed by atoms with Gasteiger partial charge in [0.15, 0.2) is 0 Å². The monoisotopic (exact) mass is 186 g/mol. The Morgan fingerprint density at radius 3 is 3.00 bits per heavy atom. The molecule has 0 aliphatic carbocycles. The predicted molar refractivity (Wildman–Crippen MR) is 50.0 cm³/mol. The number of aliphatic hydroxyl groups excluding tert-OH is 1. The van der Waals surface area contributed by atoms with Gasteiger partial charge in [-0.15, -0.1) is 0 Å². The second kappa shape index (κ2) is 4.58. The zero-order chi connectivity index (χ0) is 9.84. The highest BCUT2D eigenvalue weighted by molar-refractivity contribution is 5.77. The van der Waals surface area contributed by atoms with Crippen molar-refractivity contribution >= 4 is 5.91 Å². The lowest BCUT2D eigenvalue weighted by Gasteiger charge is -2.31. The average molecular weight is 186 g/mol. The van der Waals surface area contributed by atoms with E-state index in [1.807, 2.05) is 0 Å². The highest BCUT2D eigenvalue weighted by Crippen LogP contribution is 2.17. The third-order valence-electron chi connectivity index (χ3n) is 2.47. The molecule has 2 atom stereocenters. The molecule has 1 rings (SSSR count). The molecule has 1 saturated heterocycles. The van der Waals surface area contributed by atoms with Crippen LogP contribution in [0, 0.1) is 5.92 Å². The molecule has 1 amide bonds. The van der Waals surface area contributed by atoms with Crippen molar-refractivity contribution in [3.8, 4) is 0 Å². The molecule has 0 radical (unpaired) electrons. The van der Waals surface area contributed by atoms with E-state index in [1.54, 1.807) is 4.90 Å². The van der Waals surface area contributed by atoms with Crippen LogP contribution in [0.2, 0.25) is 0 Å². The number of rotatable bonds is 3. The summed E-state index contributed by atoms with van der Waals surface area (Å²) in [6.07, 6.45) is 1.07. The van der Waals surface area contributed by atoms with Gasteiger partial charge in [0, 0.05) is 26.1 Å². The van der Waals surface area contributed by atoms with Gasteiger partial charge in [-0.2, -0.15) is 0 Å². The maximum atomic E-state index is 11.4. The lowest BCUT2D eigenvalue weighted by atomic mass is 9.98. The third kappa shape index (κ3) is 2.97. The van der Waals surface area contributed by atoms with Crippen molar-refractivity contribution in [2.75, 3.05) is 19.6 Å². The molecule has 3 N–H and O–H groups in total. The van der Waals surface area contributed by atoms with Gasteiger partial charge < -0.3 is 15.7 Å². The first-order chi connectivity index (χ1) is 6.13. The van der Waals surface area contributed by atoms with E-state index in [2.05, 4.69) is 6.92 Å². The first-order valence-corrected chi connectivity index (χ1v) is 4.79. The molecule has 0 aromatic rings. The molecule has 1 aliphatic heterocycles. The molecule has 0 aromatic carbocycles. The van der Waals surface area contributed by atoms with Crippen molar-refractivity contribution in [3.63, 3.8) is 0 Å². The van der Waals surface area contributed by atoms with Crippen molar-refractivity contribution < 1.29 is 9.90 Å². The lowest BCUT2D eigenvalue weighted by Crippen LogP contribution is -2.44. The van der Waals surface area contributed by atoms with Gasteiger partial charge in [0.05, 0.1) is 6.10 Å². The minimum atomic E-state index is -0.572. The summed E-state index contributed by atoms with van der Waals surface area (Å²) < 4.78 is 0. The first-order valence-electron chi connectivity index (χ1n) is 4.79. The van der Waals surface area contributed by atoms with E-state index in [1.165, 1.54) is 0 Å². The van der Waals surface area contributed by atoms with Gasteiger partial charge in [0.1, 0.15) is 0 Å². The number of amides is 1. The summed E-state index contributed by atoms with van der Waals surface area (Å²) in [5, 5.41) is 9.27. The zero-order valence-corrected chi connectivity index (χ0v) is 8.07. The maximum absolute atomic E-state index is 11.4. The van der Waals surface area contributed by atoms with Crippen molar-refractivity contribution in [2.45, 2.75) is 25.9 Å². The van der Waals surface area contributed by atoms with E-state index < -0.39 is 6.10 Å². The summed E-state index contributed by atoms with van der Waals surface area (Å²) >= 11 is 0. The van der Waals surface area contributed by atoms with Crippen molar-refractivity contribution in [3.05, 3.63) is 0 Å². The standard InChI is InChI=1S/C9H18N2O2/c1-7-2-3-11(9(13)4-7)6-8(12)5-10/h7-8,12H,2-6,10H2,1H3. The van der Waals surface area contributed by atoms with Gasteiger partial charge in [-0.25, -0.2) is 0 Å². The molecule has 1 aliphatic rings. The SMILES string of the molecule is CC1CCN(CC(O)CN)C(=O)C1. The fraction of sp³-hybridized carbons (Fsp3) is 0.889. The molecule has 4 heteroatoms. The lowest BCUT2D eigenvalue weighted by molar-refractivity contribution is -0.136. The van der Waals surface area contributed by atoms with Gasteiger partial charge >= 0.3 is 0 Å². The molecule has 13 heavy (non-hydrogen) atoms. The second-order valence-electron chi connectivity index (χ2n) is 3.83. The number of nitrogens with zero attached hydrogens (tertiary/aromatic N) is 1. The first kappa shape index (κ1) is 10.5. The quantitative estimate of drug-likeness (QED) is 0.628. The Labute approximate surface area is 78.7 Å². The fourth-order valence-corrected chi connectivity index (χ4v) is 1.55. The van der Waals surface area contributed by atoms with Gasteiger partial charge in [-0.05, 0) is 12.3 Å². The van der Waals surface area contributed by atoms with Crippen LogP contribution in [0.1, 0.15) is 19.8 Å². The molecule has 0 saturated carbocycles. The van der Waals surface area contributed by atoms with Crippen LogP contribution in [0.5, 0.6) is 0 Å². The highest BCUT2D eigenvalue weighted by Gasteiger charge is 2.23. The summed E-state index contributed by atoms with van der Waals surface area (Å²) in [6, 6.07) is 0. The summed E-state index contributed by atoms with van der Waals surface area (Å²) in [4.78, 5) is 13.1. The summed E-state index contributed by atoms with van der Waals surface area (Å²) in [6.45, 7) is 3.45. The van der Waals surface area contributed by atoms with E-state index in [-0.39, 0.29) is 12.5 Å². The van der Waals surface area contributed by atoms with Crippen LogP contribution >= 0.6 is 0 Å². The number of carbonyl (C=O) groups is 1. The Bertz CT molecular complexity index is 184. The number of nitrogens with two attached hydrogens (primary N) is 1. The minimum absolute atomic E-state index is 0.145. The smallest absolute Gasteiger partial charge is 0.222 e. The van der Waals surface area contributed by atoms with Gasteiger partial charge in [0.25, 0.3) is 0 Å². The number of piperidine rings is 1. The number of carbonyl (C=O) groups excluding carboxylic acids is 1. The molecular formula is C9H18N2O2. The Morgan fingerprint density at radius 1 is 1.77 bits per heavy atom.